The van der Waals surface area contributed by atoms with Gasteiger partial charge in [-0.1, -0.05) is 12.1 Å². The minimum Gasteiger partial charge on any atom is -0.497 e. The molecule has 1 aliphatic heterocycles. The van der Waals surface area contributed by atoms with Crippen molar-refractivity contribution in [3.8, 4) is 5.75 Å². The first-order chi connectivity index (χ1) is 11.3. The van der Waals surface area contributed by atoms with E-state index in [0.717, 1.165) is 37.7 Å². The Kier molecular flexibility index (Phi) is 7.69. The van der Waals surface area contributed by atoms with Crippen molar-refractivity contribution in [3.05, 3.63) is 29.8 Å². The van der Waals surface area contributed by atoms with Gasteiger partial charge in [-0.3, -0.25) is 4.99 Å². The Balaban J connectivity index is 1.58. The van der Waals surface area contributed by atoms with Gasteiger partial charge in [-0.25, -0.2) is 0 Å². The third-order valence-electron chi connectivity index (χ3n) is 3.71. The van der Waals surface area contributed by atoms with Crippen molar-refractivity contribution in [1.29, 1.82) is 0 Å². The topological polar surface area (TPSA) is 64.1 Å². The summed E-state index contributed by atoms with van der Waals surface area (Å²) >= 11 is 0. The molecule has 0 radical (unpaired) electrons. The van der Waals surface area contributed by atoms with Crippen LogP contribution in [-0.4, -0.2) is 52.6 Å². The van der Waals surface area contributed by atoms with Crippen LogP contribution in [0.25, 0.3) is 0 Å². The lowest BCUT2D eigenvalue weighted by Crippen LogP contribution is -2.38. The van der Waals surface area contributed by atoms with Crippen LogP contribution in [0, 0.1) is 0 Å². The summed E-state index contributed by atoms with van der Waals surface area (Å²) in [4.78, 5) is 4.20. The highest BCUT2D eigenvalue weighted by Gasteiger charge is 2.14. The van der Waals surface area contributed by atoms with Crippen LogP contribution < -0.4 is 15.4 Å². The fourth-order valence-corrected chi connectivity index (χ4v) is 2.38. The van der Waals surface area contributed by atoms with E-state index in [2.05, 4.69) is 15.6 Å². The standard InChI is InChI=1S/C17H27N3O3/c1-18-17(19-9-11-22-13-16-4-3-10-23-16)20-12-14-5-7-15(21-2)8-6-14/h5-8,16H,3-4,9-13H2,1-2H3,(H2,18,19,20). The van der Waals surface area contributed by atoms with Crippen LogP contribution in [0.4, 0.5) is 0 Å². The predicted molar refractivity (Wildman–Crippen MR) is 91.0 cm³/mol. The van der Waals surface area contributed by atoms with Crippen molar-refractivity contribution in [1.82, 2.24) is 10.6 Å². The van der Waals surface area contributed by atoms with Gasteiger partial charge in [0.15, 0.2) is 5.96 Å². The quantitative estimate of drug-likeness (QED) is 0.432. The number of hydrogen-bond acceptors (Lipinski definition) is 4. The Morgan fingerprint density at radius 3 is 2.78 bits per heavy atom. The summed E-state index contributed by atoms with van der Waals surface area (Å²) < 4.78 is 16.3. The minimum atomic E-state index is 0.280. The molecule has 1 atom stereocenters. The van der Waals surface area contributed by atoms with Gasteiger partial charge in [0.2, 0.25) is 0 Å². The second-order valence-electron chi connectivity index (χ2n) is 5.41. The highest BCUT2D eigenvalue weighted by atomic mass is 16.5. The van der Waals surface area contributed by atoms with Crippen LogP contribution in [-0.2, 0) is 16.0 Å². The average molecular weight is 321 g/mol. The molecular weight excluding hydrogens is 294 g/mol. The van der Waals surface area contributed by atoms with E-state index < -0.39 is 0 Å². The Morgan fingerprint density at radius 1 is 1.30 bits per heavy atom. The monoisotopic (exact) mass is 321 g/mol. The zero-order valence-corrected chi connectivity index (χ0v) is 14.0. The second kappa shape index (κ2) is 10.1. The van der Waals surface area contributed by atoms with Crippen molar-refractivity contribution in [3.63, 3.8) is 0 Å². The zero-order chi connectivity index (χ0) is 16.3. The molecule has 0 aliphatic carbocycles. The summed E-state index contributed by atoms with van der Waals surface area (Å²) in [5, 5.41) is 6.51. The summed E-state index contributed by atoms with van der Waals surface area (Å²) in [6, 6.07) is 7.96. The van der Waals surface area contributed by atoms with Gasteiger partial charge in [0.1, 0.15) is 5.75 Å². The maximum atomic E-state index is 5.62. The molecule has 1 aromatic carbocycles. The van der Waals surface area contributed by atoms with E-state index >= 15 is 0 Å². The summed E-state index contributed by atoms with van der Waals surface area (Å²) in [6.07, 6.45) is 2.54. The van der Waals surface area contributed by atoms with Crippen molar-refractivity contribution in [2.24, 2.45) is 4.99 Å². The normalized spacial score (nSPS) is 18.0. The largest absolute Gasteiger partial charge is 0.497 e. The van der Waals surface area contributed by atoms with Gasteiger partial charge in [-0.05, 0) is 30.5 Å². The van der Waals surface area contributed by atoms with Gasteiger partial charge in [-0.15, -0.1) is 0 Å². The van der Waals surface area contributed by atoms with E-state index in [9.17, 15) is 0 Å². The number of hydrogen-bond donors (Lipinski definition) is 2. The van der Waals surface area contributed by atoms with Crippen LogP contribution in [0.5, 0.6) is 5.75 Å². The van der Waals surface area contributed by atoms with Gasteiger partial charge in [-0.2, -0.15) is 0 Å². The molecule has 6 heteroatoms. The lowest BCUT2D eigenvalue weighted by Gasteiger charge is -2.13. The molecule has 6 nitrogen and oxygen atoms in total. The summed E-state index contributed by atoms with van der Waals surface area (Å²) in [5.41, 5.74) is 1.17. The number of aliphatic imine (C=N–C) groups is 1. The molecule has 0 saturated carbocycles. The Bertz CT molecular complexity index is 470. The third kappa shape index (κ3) is 6.46. The number of nitrogens with one attached hydrogen (secondary N) is 2. The molecule has 1 aromatic rings. The second-order valence-corrected chi connectivity index (χ2v) is 5.41. The Hall–Kier alpha value is -1.79. The van der Waals surface area contributed by atoms with E-state index in [1.807, 2.05) is 24.3 Å². The molecule has 0 bridgehead atoms. The predicted octanol–water partition coefficient (Wildman–Crippen LogP) is 1.56. The highest BCUT2D eigenvalue weighted by molar-refractivity contribution is 5.79. The van der Waals surface area contributed by atoms with Crippen molar-refractivity contribution in [2.75, 3.05) is 40.5 Å². The van der Waals surface area contributed by atoms with E-state index in [0.29, 0.717) is 19.8 Å². The van der Waals surface area contributed by atoms with Gasteiger partial charge in [0.05, 0.1) is 26.4 Å². The van der Waals surface area contributed by atoms with Gasteiger partial charge in [0.25, 0.3) is 0 Å². The molecule has 1 heterocycles. The maximum Gasteiger partial charge on any atom is 0.191 e. The Morgan fingerprint density at radius 2 is 2.13 bits per heavy atom. The molecular formula is C17H27N3O3. The Labute approximate surface area is 138 Å². The molecule has 1 fully saturated rings. The number of methoxy groups -OCH3 is 1. The third-order valence-corrected chi connectivity index (χ3v) is 3.71. The van der Waals surface area contributed by atoms with Crippen LogP contribution in [0.2, 0.25) is 0 Å². The molecule has 0 aromatic heterocycles. The fourth-order valence-electron chi connectivity index (χ4n) is 2.38. The van der Waals surface area contributed by atoms with Gasteiger partial charge in [0, 0.05) is 26.7 Å². The lowest BCUT2D eigenvalue weighted by atomic mass is 10.2. The van der Waals surface area contributed by atoms with E-state index in [1.165, 1.54) is 5.56 Å². The van der Waals surface area contributed by atoms with Crippen molar-refractivity contribution < 1.29 is 14.2 Å². The summed E-state index contributed by atoms with van der Waals surface area (Å²) in [5.74, 6) is 1.63. The molecule has 1 saturated heterocycles. The maximum absolute atomic E-state index is 5.62. The molecule has 2 N–H and O–H groups in total. The number of nitrogens with zero attached hydrogens (tertiary/aromatic N) is 1. The number of rotatable bonds is 8. The summed E-state index contributed by atoms with van der Waals surface area (Å²) in [7, 11) is 3.43. The minimum absolute atomic E-state index is 0.280. The van der Waals surface area contributed by atoms with E-state index in [1.54, 1.807) is 14.2 Å². The molecule has 23 heavy (non-hydrogen) atoms. The average Bonchev–Trinajstić information content (AvgIpc) is 3.11. The van der Waals surface area contributed by atoms with Crippen molar-refractivity contribution in [2.45, 2.75) is 25.5 Å². The lowest BCUT2D eigenvalue weighted by molar-refractivity contribution is 0.0191. The van der Waals surface area contributed by atoms with Crippen LogP contribution in [0.1, 0.15) is 18.4 Å². The molecule has 0 spiro atoms. The molecule has 2 rings (SSSR count). The SMILES string of the molecule is CN=C(NCCOCC1CCCO1)NCc1ccc(OC)cc1. The molecule has 0 amide bonds. The van der Waals surface area contributed by atoms with Gasteiger partial charge >= 0.3 is 0 Å². The number of guanidine groups is 1. The van der Waals surface area contributed by atoms with Crippen molar-refractivity contribution >= 4 is 5.96 Å². The summed E-state index contributed by atoms with van der Waals surface area (Å²) in [6.45, 7) is 3.62. The molecule has 1 aliphatic rings. The smallest absolute Gasteiger partial charge is 0.191 e. The first-order valence-corrected chi connectivity index (χ1v) is 8.08. The fraction of sp³-hybridized carbons (Fsp3) is 0.588. The van der Waals surface area contributed by atoms with Crippen LogP contribution >= 0.6 is 0 Å². The van der Waals surface area contributed by atoms with E-state index in [-0.39, 0.29) is 6.10 Å². The highest BCUT2D eigenvalue weighted by Crippen LogP contribution is 2.12. The zero-order valence-electron chi connectivity index (χ0n) is 14.0. The molecule has 1 unspecified atom stereocenters. The first kappa shape index (κ1) is 17.6. The van der Waals surface area contributed by atoms with Crippen LogP contribution in [0.15, 0.2) is 29.3 Å². The van der Waals surface area contributed by atoms with E-state index in [4.69, 9.17) is 14.2 Å². The number of ether oxygens (including phenoxy) is 3. The molecule has 128 valence electrons. The van der Waals surface area contributed by atoms with Gasteiger partial charge < -0.3 is 24.8 Å². The number of benzene rings is 1. The van der Waals surface area contributed by atoms with Crippen LogP contribution in [0.3, 0.4) is 0 Å². The first-order valence-electron chi connectivity index (χ1n) is 8.08.